The molecule has 0 aliphatic carbocycles. The first-order valence-corrected chi connectivity index (χ1v) is 5.08. The van der Waals surface area contributed by atoms with E-state index in [9.17, 15) is 9.59 Å². The molecule has 0 aromatic carbocycles. The number of nitrogens with one attached hydrogen (secondary N) is 2. The standard InChI is InChI=1S/C9H17N3O3/c1-2-12(3-4-13)9(15)7-5-11-8(14)6-10-7/h7,10,13H,2-6H2,1H3,(H,11,14). The zero-order valence-electron chi connectivity index (χ0n) is 8.82. The third-order valence-corrected chi connectivity index (χ3v) is 2.37. The number of rotatable bonds is 4. The predicted molar refractivity (Wildman–Crippen MR) is 54.1 cm³/mol. The summed E-state index contributed by atoms with van der Waals surface area (Å²) in [5.41, 5.74) is 0. The van der Waals surface area contributed by atoms with Gasteiger partial charge in [-0.3, -0.25) is 14.9 Å². The van der Waals surface area contributed by atoms with E-state index in [1.54, 1.807) is 4.90 Å². The van der Waals surface area contributed by atoms with Gasteiger partial charge in [0.2, 0.25) is 11.8 Å². The molecule has 0 aromatic rings. The zero-order chi connectivity index (χ0) is 11.3. The Morgan fingerprint density at radius 1 is 1.67 bits per heavy atom. The highest BCUT2D eigenvalue weighted by atomic mass is 16.3. The van der Waals surface area contributed by atoms with Crippen LogP contribution < -0.4 is 10.6 Å². The third kappa shape index (κ3) is 3.17. The number of carbonyl (C=O) groups is 2. The van der Waals surface area contributed by atoms with E-state index >= 15 is 0 Å². The quantitative estimate of drug-likeness (QED) is 0.502. The second kappa shape index (κ2) is 5.67. The Bertz CT molecular complexity index is 235. The molecule has 1 unspecified atom stereocenters. The molecule has 6 nitrogen and oxygen atoms in total. The van der Waals surface area contributed by atoms with Crippen LogP contribution in [0, 0.1) is 0 Å². The lowest BCUT2D eigenvalue weighted by Crippen LogP contribution is -2.58. The second-order valence-electron chi connectivity index (χ2n) is 3.38. The van der Waals surface area contributed by atoms with E-state index < -0.39 is 0 Å². The summed E-state index contributed by atoms with van der Waals surface area (Å²) in [7, 11) is 0. The Morgan fingerprint density at radius 2 is 2.40 bits per heavy atom. The lowest BCUT2D eigenvalue weighted by Gasteiger charge is -2.28. The molecule has 1 saturated heterocycles. The molecule has 0 spiro atoms. The van der Waals surface area contributed by atoms with Gasteiger partial charge in [0, 0.05) is 19.6 Å². The van der Waals surface area contributed by atoms with Crippen molar-refractivity contribution in [2.24, 2.45) is 0 Å². The SMILES string of the molecule is CCN(CCO)C(=O)C1CNC(=O)CN1. The summed E-state index contributed by atoms with van der Waals surface area (Å²) < 4.78 is 0. The zero-order valence-corrected chi connectivity index (χ0v) is 8.82. The van der Waals surface area contributed by atoms with Crippen molar-refractivity contribution in [3.8, 4) is 0 Å². The molecule has 1 heterocycles. The molecule has 0 aromatic heterocycles. The predicted octanol–water partition coefficient (Wildman–Crippen LogP) is -2.08. The van der Waals surface area contributed by atoms with E-state index in [1.807, 2.05) is 6.92 Å². The minimum Gasteiger partial charge on any atom is -0.395 e. The van der Waals surface area contributed by atoms with Crippen LogP contribution in [0.5, 0.6) is 0 Å². The maximum Gasteiger partial charge on any atom is 0.241 e. The molecule has 3 N–H and O–H groups in total. The lowest BCUT2D eigenvalue weighted by atomic mass is 10.2. The Morgan fingerprint density at radius 3 is 2.87 bits per heavy atom. The Labute approximate surface area is 88.6 Å². The van der Waals surface area contributed by atoms with Gasteiger partial charge in [0.1, 0.15) is 6.04 Å². The third-order valence-electron chi connectivity index (χ3n) is 2.37. The van der Waals surface area contributed by atoms with Gasteiger partial charge in [-0.05, 0) is 6.92 Å². The van der Waals surface area contributed by atoms with Crippen LogP contribution in [0.15, 0.2) is 0 Å². The molecule has 0 saturated carbocycles. The lowest BCUT2D eigenvalue weighted by molar-refractivity contribution is -0.135. The van der Waals surface area contributed by atoms with E-state index in [2.05, 4.69) is 10.6 Å². The summed E-state index contributed by atoms with van der Waals surface area (Å²) in [4.78, 5) is 24.2. The summed E-state index contributed by atoms with van der Waals surface area (Å²) in [6.07, 6.45) is 0. The first kappa shape index (κ1) is 11.9. The number of piperazine rings is 1. The van der Waals surface area contributed by atoms with Gasteiger partial charge in [0.05, 0.1) is 13.2 Å². The van der Waals surface area contributed by atoms with Gasteiger partial charge in [-0.25, -0.2) is 0 Å². The highest BCUT2D eigenvalue weighted by Crippen LogP contribution is 1.97. The molecule has 0 radical (unpaired) electrons. The van der Waals surface area contributed by atoms with Crippen molar-refractivity contribution >= 4 is 11.8 Å². The number of aliphatic hydroxyl groups excluding tert-OH is 1. The number of likely N-dealkylation sites (N-methyl/N-ethyl adjacent to an activating group) is 1. The molecular weight excluding hydrogens is 198 g/mol. The topological polar surface area (TPSA) is 81.7 Å². The van der Waals surface area contributed by atoms with Gasteiger partial charge < -0.3 is 15.3 Å². The molecule has 1 atom stereocenters. The van der Waals surface area contributed by atoms with Gasteiger partial charge in [0.25, 0.3) is 0 Å². The van der Waals surface area contributed by atoms with Crippen LogP contribution in [0.1, 0.15) is 6.92 Å². The first-order chi connectivity index (χ1) is 7.19. The molecule has 0 bridgehead atoms. The largest absolute Gasteiger partial charge is 0.395 e. The molecule has 6 heteroatoms. The minimum atomic E-state index is -0.366. The fourth-order valence-corrected chi connectivity index (χ4v) is 1.51. The number of aliphatic hydroxyl groups is 1. The van der Waals surface area contributed by atoms with Crippen molar-refractivity contribution < 1.29 is 14.7 Å². The van der Waals surface area contributed by atoms with E-state index in [4.69, 9.17) is 5.11 Å². The van der Waals surface area contributed by atoms with Crippen molar-refractivity contribution in [2.75, 3.05) is 32.8 Å². The first-order valence-electron chi connectivity index (χ1n) is 5.08. The Kier molecular flexibility index (Phi) is 4.51. The smallest absolute Gasteiger partial charge is 0.241 e. The fourth-order valence-electron chi connectivity index (χ4n) is 1.51. The van der Waals surface area contributed by atoms with Crippen molar-refractivity contribution in [1.29, 1.82) is 0 Å². The Hall–Kier alpha value is -1.14. The van der Waals surface area contributed by atoms with Crippen molar-refractivity contribution in [3.05, 3.63) is 0 Å². The maximum absolute atomic E-state index is 11.8. The molecule has 1 aliphatic rings. The molecule has 1 rings (SSSR count). The van der Waals surface area contributed by atoms with Crippen molar-refractivity contribution in [2.45, 2.75) is 13.0 Å². The van der Waals surface area contributed by atoms with E-state index in [1.165, 1.54) is 0 Å². The fraction of sp³-hybridized carbons (Fsp3) is 0.778. The van der Waals surface area contributed by atoms with Crippen LogP contribution >= 0.6 is 0 Å². The van der Waals surface area contributed by atoms with Crippen LogP contribution in [-0.4, -0.2) is 60.6 Å². The molecule has 15 heavy (non-hydrogen) atoms. The number of carbonyl (C=O) groups excluding carboxylic acids is 2. The van der Waals surface area contributed by atoms with Crippen LogP contribution in [-0.2, 0) is 9.59 Å². The maximum atomic E-state index is 11.8. The molecule has 1 fully saturated rings. The number of amides is 2. The van der Waals surface area contributed by atoms with Gasteiger partial charge >= 0.3 is 0 Å². The van der Waals surface area contributed by atoms with Gasteiger partial charge in [-0.2, -0.15) is 0 Å². The van der Waals surface area contributed by atoms with Crippen LogP contribution in [0.4, 0.5) is 0 Å². The molecule has 86 valence electrons. The Balaban J connectivity index is 2.47. The average Bonchev–Trinajstić information content (AvgIpc) is 2.26. The molecular formula is C9H17N3O3. The number of nitrogens with zero attached hydrogens (tertiary/aromatic N) is 1. The van der Waals surface area contributed by atoms with Crippen molar-refractivity contribution in [1.82, 2.24) is 15.5 Å². The minimum absolute atomic E-state index is 0.0430. The number of hydrogen-bond donors (Lipinski definition) is 3. The highest BCUT2D eigenvalue weighted by Gasteiger charge is 2.26. The van der Waals surface area contributed by atoms with Crippen LogP contribution in [0.3, 0.4) is 0 Å². The molecule has 1 aliphatic heterocycles. The van der Waals surface area contributed by atoms with E-state index in [0.717, 1.165) is 0 Å². The summed E-state index contributed by atoms with van der Waals surface area (Å²) in [6, 6.07) is -0.366. The van der Waals surface area contributed by atoms with Crippen LogP contribution in [0.2, 0.25) is 0 Å². The summed E-state index contributed by atoms with van der Waals surface area (Å²) in [6.45, 7) is 3.20. The normalized spacial score (nSPS) is 20.9. The summed E-state index contributed by atoms with van der Waals surface area (Å²) >= 11 is 0. The average molecular weight is 215 g/mol. The summed E-state index contributed by atoms with van der Waals surface area (Å²) in [5.74, 6) is -0.171. The second-order valence-corrected chi connectivity index (χ2v) is 3.38. The number of hydrogen-bond acceptors (Lipinski definition) is 4. The van der Waals surface area contributed by atoms with E-state index in [0.29, 0.717) is 19.6 Å². The van der Waals surface area contributed by atoms with Crippen LogP contribution in [0.25, 0.3) is 0 Å². The molecule has 2 amide bonds. The highest BCUT2D eigenvalue weighted by molar-refractivity contribution is 5.86. The van der Waals surface area contributed by atoms with Crippen molar-refractivity contribution in [3.63, 3.8) is 0 Å². The van der Waals surface area contributed by atoms with Gasteiger partial charge in [-0.15, -0.1) is 0 Å². The summed E-state index contributed by atoms with van der Waals surface area (Å²) in [5, 5.41) is 14.3. The van der Waals surface area contributed by atoms with Gasteiger partial charge in [0.15, 0.2) is 0 Å². The van der Waals surface area contributed by atoms with Gasteiger partial charge in [-0.1, -0.05) is 0 Å². The monoisotopic (exact) mass is 215 g/mol. The van der Waals surface area contributed by atoms with E-state index in [-0.39, 0.29) is 31.0 Å².